The van der Waals surface area contributed by atoms with Gasteiger partial charge in [0.25, 0.3) is 23.3 Å². The number of nitrogens with one attached hydrogen (secondary N) is 3. The van der Waals surface area contributed by atoms with Crippen molar-refractivity contribution in [3.8, 4) is 0 Å². The Morgan fingerprint density at radius 3 is 2.52 bits per heavy atom. The number of thiazole rings is 1. The van der Waals surface area contributed by atoms with Crippen LogP contribution >= 0.6 is 11.3 Å². The van der Waals surface area contributed by atoms with E-state index in [1.807, 2.05) is 44.2 Å². The molecule has 0 fully saturated rings. The van der Waals surface area contributed by atoms with Crippen LogP contribution < -0.4 is 21.5 Å². The molecule has 240 valence electrons. The number of benzene rings is 1. The van der Waals surface area contributed by atoms with E-state index in [0.29, 0.717) is 17.1 Å². The number of hydrogen-bond donors (Lipinski definition) is 3. The van der Waals surface area contributed by atoms with Crippen molar-refractivity contribution in [3.05, 3.63) is 104 Å². The smallest absolute Gasteiger partial charge is 0.273 e. The SMILES string of the molecule is Cc1ccc(C(=O)N2CCNC(=O)c3coc(n3)[C@H](Cc3ccccc3)NC(=O)c3csc(n3)[C@H](C(C)C)NC(=O)C2)c(=O)n1C. The third-order valence-electron chi connectivity index (χ3n) is 7.72. The Labute approximate surface area is 269 Å². The number of oxazole rings is 1. The molecule has 46 heavy (non-hydrogen) atoms. The van der Waals surface area contributed by atoms with Crippen LogP contribution in [0.15, 0.2) is 63.3 Å². The van der Waals surface area contributed by atoms with E-state index in [1.165, 1.54) is 33.1 Å². The summed E-state index contributed by atoms with van der Waals surface area (Å²) in [6.45, 7) is 5.06. The average Bonchev–Trinajstić information content (AvgIpc) is 3.73. The first-order chi connectivity index (χ1) is 22.0. The maximum Gasteiger partial charge on any atom is 0.273 e. The first kappa shape index (κ1) is 32.3. The van der Waals surface area contributed by atoms with E-state index >= 15 is 0 Å². The van der Waals surface area contributed by atoms with Gasteiger partial charge < -0.3 is 29.8 Å². The molecular weight excluding hydrogens is 610 g/mol. The van der Waals surface area contributed by atoms with Gasteiger partial charge in [0.15, 0.2) is 5.69 Å². The van der Waals surface area contributed by atoms with Gasteiger partial charge in [0.2, 0.25) is 11.8 Å². The minimum Gasteiger partial charge on any atom is -0.446 e. The molecule has 0 saturated heterocycles. The van der Waals surface area contributed by atoms with Gasteiger partial charge in [-0.1, -0.05) is 44.2 Å². The number of carbonyl (C=O) groups is 4. The number of amides is 4. The highest BCUT2D eigenvalue weighted by molar-refractivity contribution is 7.09. The predicted octanol–water partition coefficient (Wildman–Crippen LogP) is 2.55. The Hall–Kier alpha value is -5.11. The molecule has 4 heterocycles. The van der Waals surface area contributed by atoms with Gasteiger partial charge in [0, 0.05) is 37.6 Å². The topological polar surface area (TPSA) is 169 Å². The fourth-order valence-electron chi connectivity index (χ4n) is 4.98. The van der Waals surface area contributed by atoms with Crippen LogP contribution in [0.25, 0.3) is 0 Å². The molecule has 4 aromatic rings. The van der Waals surface area contributed by atoms with Crippen molar-refractivity contribution in [2.24, 2.45) is 13.0 Å². The molecule has 1 aromatic carbocycles. The third-order valence-corrected chi connectivity index (χ3v) is 8.65. The highest BCUT2D eigenvalue weighted by Crippen LogP contribution is 2.26. The van der Waals surface area contributed by atoms with Crippen molar-refractivity contribution in [2.75, 3.05) is 19.6 Å². The van der Waals surface area contributed by atoms with Gasteiger partial charge in [0.1, 0.15) is 28.6 Å². The number of pyridine rings is 1. The number of aryl methyl sites for hydroxylation is 1. The van der Waals surface area contributed by atoms with Crippen molar-refractivity contribution < 1.29 is 23.6 Å². The molecular formula is C32H35N7O6S. The summed E-state index contributed by atoms with van der Waals surface area (Å²) in [5.41, 5.74) is 1.10. The molecule has 1 aliphatic rings. The van der Waals surface area contributed by atoms with Crippen LogP contribution in [-0.4, -0.2) is 62.7 Å². The lowest BCUT2D eigenvalue weighted by Gasteiger charge is -2.25. The van der Waals surface area contributed by atoms with Crippen molar-refractivity contribution in [2.45, 2.75) is 39.3 Å². The Balaban J connectivity index is 1.49. The first-order valence-corrected chi connectivity index (χ1v) is 15.7. The zero-order valence-electron chi connectivity index (χ0n) is 25.9. The molecule has 13 nitrogen and oxygen atoms in total. The molecule has 5 rings (SSSR count). The second kappa shape index (κ2) is 13.9. The monoisotopic (exact) mass is 645 g/mol. The number of fused-ring (bicyclic) bond motifs is 4. The molecule has 0 radical (unpaired) electrons. The molecule has 3 aromatic heterocycles. The third kappa shape index (κ3) is 7.23. The Kier molecular flexibility index (Phi) is 9.75. The molecule has 1 aliphatic heterocycles. The Morgan fingerprint density at radius 2 is 1.78 bits per heavy atom. The van der Waals surface area contributed by atoms with Gasteiger partial charge >= 0.3 is 0 Å². The molecule has 14 heteroatoms. The van der Waals surface area contributed by atoms with Gasteiger partial charge in [0.05, 0.1) is 12.6 Å². The summed E-state index contributed by atoms with van der Waals surface area (Å²) < 4.78 is 7.03. The number of aromatic nitrogens is 3. The van der Waals surface area contributed by atoms with E-state index in [1.54, 1.807) is 25.4 Å². The summed E-state index contributed by atoms with van der Waals surface area (Å²) in [6.07, 6.45) is 1.54. The highest BCUT2D eigenvalue weighted by Gasteiger charge is 2.29. The number of hydrogen-bond acceptors (Lipinski definition) is 9. The minimum absolute atomic E-state index is 0.0258. The summed E-state index contributed by atoms with van der Waals surface area (Å²) in [6, 6.07) is 11.3. The number of nitrogens with zero attached hydrogens (tertiary/aromatic N) is 4. The molecule has 2 atom stereocenters. The number of carbonyl (C=O) groups excluding carboxylic acids is 4. The molecule has 4 amide bonds. The summed E-state index contributed by atoms with van der Waals surface area (Å²) >= 11 is 1.23. The molecule has 4 bridgehead atoms. The quantitative estimate of drug-likeness (QED) is 0.304. The predicted molar refractivity (Wildman–Crippen MR) is 169 cm³/mol. The molecule has 0 aliphatic carbocycles. The fraction of sp³-hybridized carbons (Fsp3) is 0.344. The minimum atomic E-state index is -0.716. The van der Waals surface area contributed by atoms with Crippen LogP contribution in [0.5, 0.6) is 0 Å². The second-order valence-corrected chi connectivity index (χ2v) is 12.3. The van der Waals surface area contributed by atoms with Crippen LogP contribution in [0.2, 0.25) is 0 Å². The zero-order valence-corrected chi connectivity index (χ0v) is 26.7. The summed E-state index contributed by atoms with van der Waals surface area (Å²) in [5.74, 6) is -2.17. The maximum absolute atomic E-state index is 13.6. The van der Waals surface area contributed by atoms with E-state index in [-0.39, 0.29) is 48.4 Å². The van der Waals surface area contributed by atoms with Gasteiger partial charge in [-0.15, -0.1) is 11.3 Å². The lowest BCUT2D eigenvalue weighted by molar-refractivity contribution is -0.122. The molecule has 0 spiro atoms. The average molecular weight is 646 g/mol. The van der Waals surface area contributed by atoms with Gasteiger partial charge in [-0.05, 0) is 30.5 Å². The maximum atomic E-state index is 13.6. The fourth-order valence-corrected chi connectivity index (χ4v) is 6.00. The zero-order chi connectivity index (χ0) is 33.0. The van der Waals surface area contributed by atoms with Crippen LogP contribution in [0.3, 0.4) is 0 Å². The van der Waals surface area contributed by atoms with Crippen LogP contribution in [0, 0.1) is 12.8 Å². The molecule has 0 saturated carbocycles. The molecule has 0 unspecified atom stereocenters. The highest BCUT2D eigenvalue weighted by atomic mass is 32.1. The Bertz CT molecular complexity index is 1810. The standard InChI is InChI=1S/C32H35N7O6S/c1-18(2)26-30-36-24(17-46-30)28(42)34-22(14-20-8-6-5-7-9-20)29-35-23(16-45-29)27(41)33-12-13-39(15-25(40)37-26)32(44)21-11-10-19(3)38(4)31(21)43/h5-11,16-18,22,26H,12-15H2,1-4H3,(H,33,41)(H,34,42)(H,37,40)/t22-,26-/m0/s1. The van der Waals surface area contributed by atoms with Gasteiger partial charge in [-0.25, -0.2) is 9.97 Å². The van der Waals surface area contributed by atoms with E-state index in [4.69, 9.17) is 4.42 Å². The van der Waals surface area contributed by atoms with Crippen molar-refractivity contribution in [1.29, 1.82) is 0 Å². The van der Waals surface area contributed by atoms with Crippen molar-refractivity contribution in [3.63, 3.8) is 0 Å². The van der Waals surface area contributed by atoms with Crippen molar-refractivity contribution in [1.82, 2.24) is 35.4 Å². The number of rotatable bonds is 4. The van der Waals surface area contributed by atoms with E-state index in [9.17, 15) is 24.0 Å². The van der Waals surface area contributed by atoms with E-state index < -0.39 is 41.3 Å². The molecule has 3 N–H and O–H groups in total. The summed E-state index contributed by atoms with van der Waals surface area (Å²) in [4.78, 5) is 76.5. The second-order valence-electron chi connectivity index (χ2n) is 11.4. The Morgan fingerprint density at radius 1 is 1.02 bits per heavy atom. The van der Waals surface area contributed by atoms with E-state index in [0.717, 1.165) is 5.56 Å². The van der Waals surface area contributed by atoms with Crippen LogP contribution in [0.1, 0.15) is 79.4 Å². The van der Waals surface area contributed by atoms with Gasteiger partial charge in [-0.3, -0.25) is 24.0 Å². The largest absolute Gasteiger partial charge is 0.446 e. The first-order valence-electron chi connectivity index (χ1n) is 14.8. The van der Waals surface area contributed by atoms with Gasteiger partial charge in [-0.2, -0.15) is 0 Å². The van der Waals surface area contributed by atoms with E-state index in [2.05, 4.69) is 25.9 Å². The van der Waals surface area contributed by atoms with Crippen LogP contribution in [0.4, 0.5) is 0 Å². The normalized spacial score (nSPS) is 17.9. The lowest BCUT2D eigenvalue weighted by atomic mass is 10.0. The van der Waals surface area contributed by atoms with Crippen LogP contribution in [-0.2, 0) is 18.3 Å². The summed E-state index contributed by atoms with van der Waals surface area (Å²) in [7, 11) is 1.56. The van der Waals surface area contributed by atoms with Crippen molar-refractivity contribution >= 4 is 35.0 Å². The summed E-state index contributed by atoms with van der Waals surface area (Å²) in [5, 5.41) is 10.7. The lowest BCUT2D eigenvalue weighted by Crippen LogP contribution is -2.47.